The van der Waals surface area contributed by atoms with Crippen LogP contribution in [0, 0.1) is 5.82 Å². The predicted octanol–water partition coefficient (Wildman–Crippen LogP) is 5.36. The van der Waals surface area contributed by atoms with E-state index in [1.54, 1.807) is 37.4 Å². The van der Waals surface area contributed by atoms with Crippen LogP contribution < -0.4 is 19.7 Å². The zero-order valence-electron chi connectivity index (χ0n) is 19.4. The van der Waals surface area contributed by atoms with E-state index in [0.29, 0.717) is 34.4 Å². The van der Waals surface area contributed by atoms with Crippen molar-refractivity contribution in [3.63, 3.8) is 0 Å². The summed E-state index contributed by atoms with van der Waals surface area (Å²) in [4.78, 5) is 28.2. The zero-order valence-corrected chi connectivity index (χ0v) is 19.4. The Labute approximate surface area is 197 Å². The van der Waals surface area contributed by atoms with Crippen LogP contribution in [-0.4, -0.2) is 26.0 Å². The van der Waals surface area contributed by atoms with Crippen molar-refractivity contribution in [1.29, 1.82) is 0 Å². The van der Waals surface area contributed by atoms with Gasteiger partial charge in [0.1, 0.15) is 23.0 Å². The lowest BCUT2D eigenvalue weighted by molar-refractivity contribution is -0.120. The minimum atomic E-state index is -0.514. The lowest BCUT2D eigenvalue weighted by Crippen LogP contribution is -2.32. The van der Waals surface area contributed by atoms with Gasteiger partial charge in [0.25, 0.3) is 11.8 Å². The van der Waals surface area contributed by atoms with E-state index in [-0.39, 0.29) is 11.3 Å². The fraction of sp³-hybridized carbons (Fsp3) is 0.185. The summed E-state index contributed by atoms with van der Waals surface area (Å²) in [6.45, 7) is 4.14. The van der Waals surface area contributed by atoms with Gasteiger partial charge in [-0.3, -0.25) is 9.59 Å². The molecule has 0 spiro atoms. The van der Waals surface area contributed by atoms with Crippen LogP contribution in [0.1, 0.15) is 30.9 Å². The minimum Gasteiger partial charge on any atom is -0.497 e. The topological polar surface area (TPSA) is 67.9 Å². The molecule has 0 fully saturated rings. The number of imide groups is 1. The average Bonchev–Trinajstić information content (AvgIpc) is 3.09. The molecule has 0 saturated heterocycles. The van der Waals surface area contributed by atoms with Crippen molar-refractivity contribution in [2.45, 2.75) is 19.8 Å². The second kappa shape index (κ2) is 9.39. The third-order valence-corrected chi connectivity index (χ3v) is 5.70. The maximum Gasteiger partial charge on any atom is 0.282 e. The van der Waals surface area contributed by atoms with Crippen LogP contribution >= 0.6 is 0 Å². The maximum absolute atomic E-state index is 13.6. The Balaban J connectivity index is 1.80. The number of hydrogen-bond donors (Lipinski definition) is 1. The molecule has 1 N–H and O–H groups in total. The molecule has 4 rings (SSSR count). The second-order valence-corrected chi connectivity index (χ2v) is 8.14. The summed E-state index contributed by atoms with van der Waals surface area (Å²) < 4.78 is 24.3. The van der Waals surface area contributed by atoms with Gasteiger partial charge >= 0.3 is 0 Å². The summed E-state index contributed by atoms with van der Waals surface area (Å²) in [5.41, 5.74) is 2.68. The molecule has 0 aliphatic carbocycles. The summed E-state index contributed by atoms with van der Waals surface area (Å²) >= 11 is 0. The molecular weight excluding hydrogens is 435 g/mol. The quantitative estimate of drug-likeness (QED) is 0.481. The summed E-state index contributed by atoms with van der Waals surface area (Å²) in [7, 11) is 3.04. The number of hydrogen-bond acceptors (Lipinski definition) is 5. The standard InChI is InChI=1S/C27H25FN2O4/c1-16(2)17-7-11-20(12-8-17)30-26(31)24(18-5-9-19(28)10-6-18)25(27(30)32)29-22-14-13-21(33-3)15-23(22)34-4/h5-16,29H,1-4H3. The summed E-state index contributed by atoms with van der Waals surface area (Å²) in [6.07, 6.45) is 0. The molecule has 3 aromatic carbocycles. The molecule has 1 aliphatic rings. The largest absolute Gasteiger partial charge is 0.497 e. The Morgan fingerprint density at radius 3 is 2.12 bits per heavy atom. The Kier molecular flexibility index (Phi) is 6.36. The first kappa shape index (κ1) is 23.0. The van der Waals surface area contributed by atoms with Crippen LogP contribution in [0.3, 0.4) is 0 Å². The first-order valence-corrected chi connectivity index (χ1v) is 10.8. The van der Waals surface area contributed by atoms with E-state index >= 15 is 0 Å². The monoisotopic (exact) mass is 460 g/mol. The van der Waals surface area contributed by atoms with Gasteiger partial charge < -0.3 is 14.8 Å². The van der Waals surface area contributed by atoms with E-state index in [1.165, 1.54) is 31.4 Å². The molecule has 0 unspecified atom stereocenters. The molecule has 1 heterocycles. The van der Waals surface area contributed by atoms with Gasteiger partial charge in [0.05, 0.1) is 31.2 Å². The number of carbonyl (C=O) groups excluding carboxylic acids is 2. The fourth-order valence-corrected chi connectivity index (χ4v) is 3.81. The van der Waals surface area contributed by atoms with E-state index in [0.717, 1.165) is 10.5 Å². The van der Waals surface area contributed by atoms with Gasteiger partial charge in [0.2, 0.25) is 0 Å². The van der Waals surface area contributed by atoms with E-state index in [2.05, 4.69) is 19.2 Å². The van der Waals surface area contributed by atoms with E-state index in [9.17, 15) is 14.0 Å². The molecule has 1 aliphatic heterocycles. The smallest absolute Gasteiger partial charge is 0.282 e. The van der Waals surface area contributed by atoms with Crippen molar-refractivity contribution in [3.05, 3.63) is 89.4 Å². The first-order valence-electron chi connectivity index (χ1n) is 10.8. The van der Waals surface area contributed by atoms with Gasteiger partial charge in [-0.15, -0.1) is 0 Å². The van der Waals surface area contributed by atoms with Gasteiger partial charge in [-0.25, -0.2) is 9.29 Å². The molecule has 3 aromatic rings. The third-order valence-electron chi connectivity index (χ3n) is 5.70. The maximum atomic E-state index is 13.6. The molecule has 0 radical (unpaired) electrons. The lowest BCUT2D eigenvalue weighted by Gasteiger charge is -2.17. The molecule has 174 valence electrons. The van der Waals surface area contributed by atoms with Crippen LogP contribution in [-0.2, 0) is 9.59 Å². The fourth-order valence-electron chi connectivity index (χ4n) is 3.81. The van der Waals surface area contributed by atoms with Crippen molar-refractivity contribution >= 4 is 28.8 Å². The highest BCUT2D eigenvalue weighted by Gasteiger charge is 2.40. The Bertz CT molecular complexity index is 1260. The molecular formula is C27H25FN2O4. The third kappa shape index (κ3) is 4.24. The van der Waals surface area contributed by atoms with Crippen molar-refractivity contribution in [3.8, 4) is 11.5 Å². The zero-order chi connectivity index (χ0) is 24.4. The highest BCUT2D eigenvalue weighted by atomic mass is 19.1. The number of benzene rings is 3. The normalized spacial score (nSPS) is 13.6. The van der Waals surface area contributed by atoms with Gasteiger partial charge in [0, 0.05) is 6.07 Å². The van der Waals surface area contributed by atoms with Crippen LogP contribution in [0.2, 0.25) is 0 Å². The highest BCUT2D eigenvalue weighted by Crippen LogP contribution is 2.37. The lowest BCUT2D eigenvalue weighted by atomic mass is 10.0. The SMILES string of the molecule is COc1ccc(NC2=C(c3ccc(F)cc3)C(=O)N(c3ccc(C(C)C)cc3)C2=O)c(OC)c1. The average molecular weight is 461 g/mol. The number of halogens is 1. The summed E-state index contributed by atoms with van der Waals surface area (Å²) in [5, 5.41) is 3.08. The van der Waals surface area contributed by atoms with E-state index < -0.39 is 17.6 Å². The number of carbonyl (C=O) groups is 2. The van der Waals surface area contributed by atoms with Crippen molar-refractivity contribution in [2.75, 3.05) is 24.4 Å². The molecule has 0 saturated carbocycles. The van der Waals surface area contributed by atoms with Gasteiger partial charge in [-0.05, 0) is 53.4 Å². The van der Waals surface area contributed by atoms with E-state index in [1.807, 2.05) is 12.1 Å². The van der Waals surface area contributed by atoms with Crippen LogP contribution in [0.4, 0.5) is 15.8 Å². The van der Waals surface area contributed by atoms with Crippen LogP contribution in [0.5, 0.6) is 11.5 Å². The Morgan fingerprint density at radius 2 is 1.53 bits per heavy atom. The molecule has 0 atom stereocenters. The molecule has 0 bridgehead atoms. The number of rotatable bonds is 7. The Hall–Kier alpha value is -4.13. The molecule has 6 nitrogen and oxygen atoms in total. The van der Waals surface area contributed by atoms with Crippen molar-refractivity contribution in [2.24, 2.45) is 0 Å². The van der Waals surface area contributed by atoms with Crippen molar-refractivity contribution < 1.29 is 23.5 Å². The molecule has 2 amide bonds. The van der Waals surface area contributed by atoms with Crippen molar-refractivity contribution in [1.82, 2.24) is 0 Å². The number of anilines is 2. The molecule has 34 heavy (non-hydrogen) atoms. The van der Waals surface area contributed by atoms with Crippen LogP contribution in [0.15, 0.2) is 72.4 Å². The Morgan fingerprint density at radius 1 is 0.853 bits per heavy atom. The van der Waals surface area contributed by atoms with Gasteiger partial charge in [0.15, 0.2) is 0 Å². The number of amides is 2. The number of methoxy groups -OCH3 is 2. The second-order valence-electron chi connectivity index (χ2n) is 8.14. The van der Waals surface area contributed by atoms with Crippen LogP contribution in [0.25, 0.3) is 5.57 Å². The number of nitrogens with one attached hydrogen (secondary N) is 1. The predicted molar refractivity (Wildman–Crippen MR) is 130 cm³/mol. The molecule has 0 aromatic heterocycles. The van der Waals surface area contributed by atoms with Gasteiger partial charge in [-0.2, -0.15) is 0 Å². The summed E-state index contributed by atoms with van der Waals surface area (Å²) in [5.74, 6) is -0.121. The minimum absolute atomic E-state index is 0.0769. The number of nitrogens with zero attached hydrogens (tertiary/aromatic N) is 1. The first-order chi connectivity index (χ1) is 16.3. The van der Waals surface area contributed by atoms with Gasteiger partial charge in [-0.1, -0.05) is 38.1 Å². The molecule has 7 heteroatoms. The van der Waals surface area contributed by atoms with E-state index in [4.69, 9.17) is 9.47 Å². The summed E-state index contributed by atoms with van der Waals surface area (Å²) in [6, 6.07) is 17.9. The highest BCUT2D eigenvalue weighted by molar-refractivity contribution is 6.46. The number of ether oxygens (including phenoxy) is 2.